The topological polar surface area (TPSA) is 43.7 Å². The van der Waals surface area contributed by atoms with Crippen LogP contribution >= 0.6 is 0 Å². The largest absolute Gasteiger partial charge is 0.378 e. The predicted molar refractivity (Wildman–Crippen MR) is 163 cm³/mol. The van der Waals surface area contributed by atoms with Gasteiger partial charge in [-0.25, -0.2) is 0 Å². The fraction of sp³-hybridized carbons (Fsp3) is 0.438. The van der Waals surface area contributed by atoms with Gasteiger partial charge in [0.1, 0.15) is 0 Å². The van der Waals surface area contributed by atoms with E-state index in [1.54, 1.807) is 0 Å². The third-order valence-electron chi connectivity index (χ3n) is 7.47. The maximum Gasteiger partial charge on any atom is 0.0642 e. The molecule has 4 rings (SSSR count). The van der Waals surface area contributed by atoms with Gasteiger partial charge in [-0.1, -0.05) is 24.3 Å². The smallest absolute Gasteiger partial charge is 0.0642 e. The minimum absolute atomic E-state index is 0.765. The summed E-state index contributed by atoms with van der Waals surface area (Å²) in [6.45, 7) is 16.2. The van der Waals surface area contributed by atoms with Crippen LogP contribution in [0.3, 0.4) is 0 Å². The highest BCUT2D eigenvalue weighted by atomic mass is 16.5. The van der Waals surface area contributed by atoms with Crippen LogP contribution < -0.4 is 9.80 Å². The van der Waals surface area contributed by atoms with Crippen molar-refractivity contribution in [2.75, 3.05) is 62.3 Å². The highest BCUT2D eigenvalue weighted by Crippen LogP contribution is 2.35. The number of rotatable bonds is 11. The zero-order valence-electron chi connectivity index (χ0n) is 23.6. The minimum atomic E-state index is 0.765. The van der Waals surface area contributed by atoms with Gasteiger partial charge in [-0.3, -0.25) is 0 Å². The summed E-state index contributed by atoms with van der Waals surface area (Å²) in [4.78, 5) is 7.17. The lowest BCUT2D eigenvalue weighted by atomic mass is 10.1. The van der Waals surface area contributed by atoms with Gasteiger partial charge in [0.15, 0.2) is 0 Å². The summed E-state index contributed by atoms with van der Waals surface area (Å²) < 4.78 is 5.64. The van der Waals surface area contributed by atoms with Crippen LogP contribution in [0, 0.1) is 0 Å². The number of anilines is 2. The standard InChI is InChI=1S/C32H43N5O/c1-5-35(6-2)30-15-9-26(10-16-30)23-28-13-14-29(32(28)37-19-21-38-22-20-37)25-34-33-24-27-11-17-31(18-12-27)36(7-3)8-4/h9-12,15-18,23-25H,5-8,13-14,19-22H2,1-4H3. The molecule has 1 fully saturated rings. The molecule has 0 aromatic heterocycles. The molecule has 1 aliphatic carbocycles. The van der Waals surface area contributed by atoms with E-state index in [1.165, 1.54) is 33.8 Å². The maximum atomic E-state index is 5.64. The number of nitrogens with zero attached hydrogens (tertiary/aromatic N) is 5. The van der Waals surface area contributed by atoms with E-state index in [2.05, 4.69) is 107 Å². The molecule has 1 heterocycles. The Morgan fingerprint density at radius 2 is 1.24 bits per heavy atom. The van der Waals surface area contributed by atoms with Crippen LogP contribution in [0.4, 0.5) is 11.4 Å². The fourth-order valence-corrected chi connectivity index (χ4v) is 5.31. The number of benzene rings is 2. The molecule has 2 aromatic rings. The van der Waals surface area contributed by atoms with Gasteiger partial charge in [-0.15, -0.1) is 0 Å². The Labute approximate surface area is 229 Å². The molecule has 0 bridgehead atoms. The van der Waals surface area contributed by atoms with E-state index >= 15 is 0 Å². The molecule has 0 saturated carbocycles. The van der Waals surface area contributed by atoms with Crippen LogP contribution in [-0.2, 0) is 4.74 Å². The SMILES string of the molecule is CCN(CC)c1ccc(C=NN=CC2=C(N3CCOCC3)C(=Cc3ccc(N(CC)CC)cc3)CC2)cc1. The molecule has 0 spiro atoms. The highest BCUT2D eigenvalue weighted by Gasteiger charge is 2.25. The summed E-state index contributed by atoms with van der Waals surface area (Å²) in [5.41, 5.74) is 8.76. The minimum Gasteiger partial charge on any atom is -0.378 e. The van der Waals surface area contributed by atoms with Crippen LogP contribution in [0.1, 0.15) is 51.7 Å². The van der Waals surface area contributed by atoms with Gasteiger partial charge in [-0.05, 0) is 93.2 Å². The van der Waals surface area contributed by atoms with E-state index in [0.29, 0.717) is 0 Å². The van der Waals surface area contributed by atoms with Crippen molar-refractivity contribution in [3.05, 3.63) is 76.5 Å². The maximum absolute atomic E-state index is 5.64. The van der Waals surface area contributed by atoms with Gasteiger partial charge in [0, 0.05) is 56.3 Å². The van der Waals surface area contributed by atoms with Gasteiger partial charge in [0.05, 0.1) is 25.6 Å². The molecule has 2 aliphatic rings. The van der Waals surface area contributed by atoms with E-state index in [-0.39, 0.29) is 0 Å². The van der Waals surface area contributed by atoms with Crippen molar-refractivity contribution in [3.63, 3.8) is 0 Å². The molecule has 0 N–H and O–H groups in total. The molecule has 202 valence electrons. The van der Waals surface area contributed by atoms with Crippen LogP contribution in [0.5, 0.6) is 0 Å². The average Bonchev–Trinajstić information content (AvgIpc) is 3.36. The third kappa shape index (κ3) is 6.93. The third-order valence-corrected chi connectivity index (χ3v) is 7.47. The van der Waals surface area contributed by atoms with Crippen LogP contribution in [0.25, 0.3) is 6.08 Å². The first-order valence-corrected chi connectivity index (χ1v) is 14.2. The van der Waals surface area contributed by atoms with Crippen molar-refractivity contribution >= 4 is 29.9 Å². The van der Waals surface area contributed by atoms with Crippen molar-refractivity contribution in [1.29, 1.82) is 0 Å². The zero-order chi connectivity index (χ0) is 26.7. The van der Waals surface area contributed by atoms with Gasteiger partial charge in [0.25, 0.3) is 0 Å². The zero-order valence-corrected chi connectivity index (χ0v) is 23.6. The Bertz CT molecular complexity index is 1130. The molecule has 6 nitrogen and oxygen atoms in total. The van der Waals surface area contributed by atoms with Gasteiger partial charge in [0.2, 0.25) is 0 Å². The summed E-state index contributed by atoms with van der Waals surface area (Å²) in [7, 11) is 0. The van der Waals surface area contributed by atoms with Gasteiger partial charge in [-0.2, -0.15) is 10.2 Å². The molecule has 1 saturated heterocycles. The molecule has 0 amide bonds. The number of hydrogen-bond donors (Lipinski definition) is 0. The van der Waals surface area contributed by atoms with E-state index in [1.807, 2.05) is 12.4 Å². The molecule has 0 unspecified atom stereocenters. The molecular weight excluding hydrogens is 470 g/mol. The average molecular weight is 514 g/mol. The summed E-state index contributed by atoms with van der Waals surface area (Å²) in [5.74, 6) is 0. The molecule has 1 aliphatic heterocycles. The number of allylic oxidation sites excluding steroid dienone is 2. The summed E-state index contributed by atoms with van der Waals surface area (Å²) in [5, 5.41) is 8.84. The van der Waals surface area contributed by atoms with E-state index in [9.17, 15) is 0 Å². The number of hydrogen-bond acceptors (Lipinski definition) is 6. The van der Waals surface area contributed by atoms with Crippen molar-refractivity contribution in [1.82, 2.24) is 4.90 Å². The van der Waals surface area contributed by atoms with Crippen molar-refractivity contribution in [2.45, 2.75) is 40.5 Å². The second-order valence-electron chi connectivity index (χ2n) is 9.66. The lowest BCUT2D eigenvalue weighted by molar-refractivity contribution is 0.0548. The fourth-order valence-electron chi connectivity index (χ4n) is 5.31. The Morgan fingerprint density at radius 1 is 0.711 bits per heavy atom. The predicted octanol–water partition coefficient (Wildman–Crippen LogP) is 6.25. The highest BCUT2D eigenvalue weighted by molar-refractivity contribution is 5.85. The van der Waals surface area contributed by atoms with Crippen LogP contribution in [0.15, 0.2) is 75.6 Å². The van der Waals surface area contributed by atoms with Gasteiger partial charge < -0.3 is 19.4 Å². The molecule has 0 radical (unpaired) electrons. The van der Waals surface area contributed by atoms with Gasteiger partial charge >= 0.3 is 0 Å². The lowest BCUT2D eigenvalue weighted by Crippen LogP contribution is -2.36. The summed E-state index contributed by atoms with van der Waals surface area (Å²) in [6, 6.07) is 17.5. The molecule has 2 aromatic carbocycles. The Hall–Kier alpha value is -3.38. The Kier molecular flexibility index (Phi) is 10.2. The molecule has 38 heavy (non-hydrogen) atoms. The van der Waals surface area contributed by atoms with E-state index < -0.39 is 0 Å². The monoisotopic (exact) mass is 513 g/mol. The van der Waals surface area contributed by atoms with E-state index in [4.69, 9.17) is 4.74 Å². The molecular formula is C32H43N5O. The second kappa shape index (κ2) is 14.0. The second-order valence-corrected chi connectivity index (χ2v) is 9.66. The summed E-state index contributed by atoms with van der Waals surface area (Å²) in [6.07, 6.45) is 8.13. The quantitative estimate of drug-likeness (QED) is 0.263. The summed E-state index contributed by atoms with van der Waals surface area (Å²) >= 11 is 0. The first kappa shape index (κ1) is 27.6. The van der Waals surface area contributed by atoms with Crippen molar-refractivity contribution in [3.8, 4) is 0 Å². The molecule has 0 atom stereocenters. The number of morpholine rings is 1. The first-order valence-electron chi connectivity index (χ1n) is 14.2. The van der Waals surface area contributed by atoms with Crippen LogP contribution in [-0.4, -0.2) is 69.8 Å². The van der Waals surface area contributed by atoms with E-state index in [0.717, 1.165) is 70.9 Å². The number of ether oxygens (including phenoxy) is 1. The Morgan fingerprint density at radius 3 is 1.79 bits per heavy atom. The first-order chi connectivity index (χ1) is 18.7. The van der Waals surface area contributed by atoms with Crippen LogP contribution in [0.2, 0.25) is 0 Å². The Balaban J connectivity index is 1.52. The van der Waals surface area contributed by atoms with Crippen molar-refractivity contribution in [2.24, 2.45) is 10.2 Å². The lowest BCUT2D eigenvalue weighted by Gasteiger charge is -2.31. The van der Waals surface area contributed by atoms with Crippen molar-refractivity contribution < 1.29 is 4.74 Å². The normalized spacial score (nSPS) is 17.4. The molecule has 6 heteroatoms.